The van der Waals surface area contributed by atoms with Crippen molar-refractivity contribution >= 4 is 37.3 Å². The topological polar surface area (TPSA) is 122 Å². The number of carbonyl (C=O) groups is 1. The van der Waals surface area contributed by atoms with Gasteiger partial charge in [-0.3, -0.25) is 9.10 Å². The highest BCUT2D eigenvalue weighted by Gasteiger charge is 2.31. The fourth-order valence-corrected chi connectivity index (χ4v) is 7.41. The summed E-state index contributed by atoms with van der Waals surface area (Å²) in [4.78, 5) is 13.3. The largest absolute Gasteiger partial charge is 0.495 e. The number of nitrogens with zero attached hydrogens (tertiary/aromatic N) is 2. The van der Waals surface area contributed by atoms with Gasteiger partial charge in [0.1, 0.15) is 17.2 Å². The average molecular weight is 588 g/mol. The van der Waals surface area contributed by atoms with Gasteiger partial charge in [0.05, 0.1) is 30.9 Å². The summed E-state index contributed by atoms with van der Waals surface area (Å²) in [7, 11) is -6.68. The molecule has 1 saturated heterocycles. The molecule has 214 valence electrons. The number of rotatable bonds is 9. The van der Waals surface area contributed by atoms with Crippen LogP contribution in [0.25, 0.3) is 0 Å². The molecule has 0 radical (unpaired) electrons. The molecule has 1 amide bonds. The molecule has 40 heavy (non-hydrogen) atoms. The summed E-state index contributed by atoms with van der Waals surface area (Å²) >= 11 is 0. The molecule has 0 aliphatic carbocycles. The second-order valence-corrected chi connectivity index (χ2v) is 13.3. The molecule has 0 saturated carbocycles. The van der Waals surface area contributed by atoms with Gasteiger partial charge in [0.25, 0.3) is 10.0 Å². The molecule has 3 aromatic rings. The predicted octanol–water partition coefficient (Wildman–Crippen LogP) is 3.48. The molecule has 1 N–H and O–H groups in total. The molecule has 0 atom stereocenters. The Balaban J connectivity index is 1.67. The van der Waals surface area contributed by atoms with Crippen LogP contribution in [-0.2, 0) is 29.6 Å². The Labute approximate surface area is 235 Å². The Morgan fingerprint density at radius 3 is 2.23 bits per heavy atom. The van der Waals surface area contributed by atoms with Gasteiger partial charge in [-0.05, 0) is 68.3 Å². The third-order valence-corrected chi connectivity index (χ3v) is 10.3. The molecule has 1 fully saturated rings. The summed E-state index contributed by atoms with van der Waals surface area (Å²) in [5, 5.41) is 2.67. The molecule has 12 heteroatoms. The summed E-state index contributed by atoms with van der Waals surface area (Å²) in [6.45, 7) is 5.90. The Hall–Kier alpha value is -3.45. The monoisotopic (exact) mass is 587 g/mol. The maximum Gasteiger partial charge on any atom is 0.264 e. The number of aryl methyl sites for hydroxylation is 3. The minimum Gasteiger partial charge on any atom is -0.495 e. The van der Waals surface area contributed by atoms with Gasteiger partial charge in [0.2, 0.25) is 15.9 Å². The smallest absolute Gasteiger partial charge is 0.264 e. The third-order valence-electron chi connectivity index (χ3n) is 6.56. The zero-order chi connectivity index (χ0) is 29.1. The van der Waals surface area contributed by atoms with Gasteiger partial charge < -0.3 is 14.8 Å². The van der Waals surface area contributed by atoms with Crippen LogP contribution in [0.15, 0.2) is 70.5 Å². The van der Waals surface area contributed by atoms with E-state index in [4.69, 9.17) is 9.47 Å². The first kappa shape index (κ1) is 29.5. The number of nitrogens with one attached hydrogen (secondary N) is 1. The molecule has 0 aromatic heterocycles. The Bertz CT molecular complexity index is 1600. The number of hydrogen-bond donors (Lipinski definition) is 1. The molecule has 1 aliphatic rings. The number of methoxy groups -OCH3 is 1. The summed E-state index contributed by atoms with van der Waals surface area (Å²) < 4.78 is 67.2. The minimum atomic E-state index is -4.12. The van der Waals surface area contributed by atoms with E-state index in [1.54, 1.807) is 31.2 Å². The standard InChI is InChI=1S/C28H33N3O7S2/c1-20-6-10-24(11-7-20)39(33,34)31(25-17-21(2)5-8-22(25)3)19-28(32)29-23-9-12-26(37-4)27(18-23)40(35,36)30-13-15-38-16-14-30/h5-12,17-18H,13-16,19H2,1-4H3,(H,29,32). The van der Waals surface area contributed by atoms with E-state index in [0.717, 1.165) is 15.4 Å². The molecule has 10 nitrogen and oxygen atoms in total. The first-order valence-electron chi connectivity index (χ1n) is 12.7. The van der Waals surface area contributed by atoms with Crippen molar-refractivity contribution in [3.8, 4) is 5.75 Å². The van der Waals surface area contributed by atoms with Crippen LogP contribution in [-0.4, -0.2) is 67.0 Å². The number of carbonyl (C=O) groups excluding carboxylic acids is 1. The van der Waals surface area contributed by atoms with Crippen molar-refractivity contribution in [3.63, 3.8) is 0 Å². The maximum absolute atomic E-state index is 13.8. The summed E-state index contributed by atoms with van der Waals surface area (Å²) in [5.41, 5.74) is 2.97. The third kappa shape index (κ3) is 6.30. The fraction of sp³-hybridized carbons (Fsp3) is 0.321. The van der Waals surface area contributed by atoms with Crippen molar-refractivity contribution in [2.45, 2.75) is 30.6 Å². The molecular formula is C28H33N3O7S2. The molecule has 1 aliphatic heterocycles. The van der Waals surface area contributed by atoms with Crippen molar-refractivity contribution in [2.24, 2.45) is 0 Å². The van der Waals surface area contributed by atoms with Crippen molar-refractivity contribution in [3.05, 3.63) is 77.4 Å². The highest BCUT2D eigenvalue weighted by Crippen LogP contribution is 2.31. The van der Waals surface area contributed by atoms with Crippen molar-refractivity contribution in [1.82, 2.24) is 4.31 Å². The van der Waals surface area contributed by atoms with Gasteiger partial charge in [-0.2, -0.15) is 4.31 Å². The first-order valence-corrected chi connectivity index (χ1v) is 15.5. The Morgan fingerprint density at radius 1 is 0.925 bits per heavy atom. The minimum absolute atomic E-state index is 0.0511. The molecule has 3 aromatic carbocycles. The second kappa shape index (κ2) is 12.0. The second-order valence-electron chi connectivity index (χ2n) is 9.54. The highest BCUT2D eigenvalue weighted by molar-refractivity contribution is 7.92. The van der Waals surface area contributed by atoms with E-state index >= 15 is 0 Å². The van der Waals surface area contributed by atoms with Gasteiger partial charge >= 0.3 is 0 Å². The number of ether oxygens (including phenoxy) is 2. The zero-order valence-corrected chi connectivity index (χ0v) is 24.5. The number of benzene rings is 3. The van der Waals surface area contributed by atoms with Crippen molar-refractivity contribution in [2.75, 3.05) is 49.6 Å². The molecule has 4 rings (SSSR count). The van der Waals surface area contributed by atoms with E-state index < -0.39 is 32.5 Å². The van der Waals surface area contributed by atoms with Gasteiger partial charge in [0, 0.05) is 18.8 Å². The van der Waals surface area contributed by atoms with Crippen LogP contribution in [0.4, 0.5) is 11.4 Å². The number of anilines is 2. The lowest BCUT2D eigenvalue weighted by molar-refractivity contribution is -0.114. The average Bonchev–Trinajstić information content (AvgIpc) is 2.93. The summed E-state index contributed by atoms with van der Waals surface area (Å²) in [5.74, 6) is -0.514. The highest BCUT2D eigenvalue weighted by atomic mass is 32.2. The van der Waals surface area contributed by atoms with E-state index in [1.165, 1.54) is 41.7 Å². The van der Waals surface area contributed by atoms with E-state index in [1.807, 2.05) is 19.9 Å². The van der Waals surface area contributed by atoms with Crippen LogP contribution in [0, 0.1) is 20.8 Å². The fourth-order valence-electron chi connectivity index (χ4n) is 4.34. The van der Waals surface area contributed by atoms with E-state index in [2.05, 4.69) is 5.32 Å². The van der Waals surface area contributed by atoms with E-state index in [9.17, 15) is 21.6 Å². The number of amides is 1. The van der Waals surface area contributed by atoms with Crippen molar-refractivity contribution < 1.29 is 31.1 Å². The molecule has 0 spiro atoms. The van der Waals surface area contributed by atoms with Gasteiger partial charge in [0.15, 0.2) is 0 Å². The van der Waals surface area contributed by atoms with Crippen LogP contribution >= 0.6 is 0 Å². The summed E-state index contributed by atoms with van der Waals surface area (Å²) in [6, 6.07) is 16.1. The van der Waals surface area contributed by atoms with Crippen LogP contribution in [0.1, 0.15) is 16.7 Å². The lowest BCUT2D eigenvalue weighted by Crippen LogP contribution is -2.40. The van der Waals surface area contributed by atoms with Crippen LogP contribution in [0.3, 0.4) is 0 Å². The molecule has 0 bridgehead atoms. The number of sulfonamides is 2. The van der Waals surface area contributed by atoms with E-state index in [0.29, 0.717) is 11.3 Å². The normalized spacial score (nSPS) is 14.5. The number of hydrogen-bond acceptors (Lipinski definition) is 7. The maximum atomic E-state index is 13.8. The summed E-state index contributed by atoms with van der Waals surface area (Å²) in [6.07, 6.45) is 0. The van der Waals surface area contributed by atoms with Gasteiger partial charge in [-0.1, -0.05) is 29.8 Å². The Morgan fingerprint density at radius 2 is 1.57 bits per heavy atom. The number of morpholine rings is 1. The van der Waals surface area contributed by atoms with Gasteiger partial charge in [-0.25, -0.2) is 16.8 Å². The van der Waals surface area contributed by atoms with Crippen LogP contribution < -0.4 is 14.4 Å². The predicted molar refractivity (Wildman–Crippen MR) is 153 cm³/mol. The van der Waals surface area contributed by atoms with E-state index in [-0.39, 0.29) is 47.5 Å². The van der Waals surface area contributed by atoms with Gasteiger partial charge in [-0.15, -0.1) is 0 Å². The zero-order valence-electron chi connectivity index (χ0n) is 22.9. The first-order chi connectivity index (χ1) is 18.9. The van der Waals surface area contributed by atoms with Crippen molar-refractivity contribution in [1.29, 1.82) is 0 Å². The van der Waals surface area contributed by atoms with Crippen LogP contribution in [0.5, 0.6) is 5.75 Å². The quantitative estimate of drug-likeness (QED) is 0.407. The SMILES string of the molecule is COc1ccc(NC(=O)CN(c2cc(C)ccc2C)S(=O)(=O)c2ccc(C)cc2)cc1S(=O)(=O)N1CCOCC1. The van der Waals surface area contributed by atoms with Crippen LogP contribution in [0.2, 0.25) is 0 Å². The Kier molecular flexibility index (Phi) is 8.83. The molecular weight excluding hydrogens is 554 g/mol. The lowest BCUT2D eigenvalue weighted by atomic mass is 10.1. The molecule has 0 unspecified atom stereocenters. The molecule has 1 heterocycles. The lowest BCUT2D eigenvalue weighted by Gasteiger charge is -2.27.